The van der Waals surface area contributed by atoms with Crippen LogP contribution in [0, 0.1) is 0 Å². The highest BCUT2D eigenvalue weighted by Crippen LogP contribution is 2.26. The minimum absolute atomic E-state index is 0.276. The highest BCUT2D eigenvalue weighted by Gasteiger charge is 2.32. The number of para-hydroxylation sites is 1. The van der Waals surface area contributed by atoms with Gasteiger partial charge in [0.2, 0.25) is 0 Å². The first kappa shape index (κ1) is 16.4. The quantitative estimate of drug-likeness (QED) is 0.859. The van der Waals surface area contributed by atoms with Gasteiger partial charge >= 0.3 is 0 Å². The number of morpholine rings is 1. The van der Waals surface area contributed by atoms with E-state index in [0.717, 1.165) is 24.5 Å². The van der Waals surface area contributed by atoms with Crippen molar-refractivity contribution >= 4 is 28.9 Å². The van der Waals surface area contributed by atoms with Gasteiger partial charge in [0.15, 0.2) is 0 Å². The summed E-state index contributed by atoms with van der Waals surface area (Å²) in [5.41, 5.74) is 2.67. The van der Waals surface area contributed by atoms with Gasteiger partial charge in [0.25, 0.3) is 11.8 Å². The molecule has 1 saturated heterocycles. The molecule has 0 unspecified atom stereocenters. The maximum atomic E-state index is 12.7. The Labute approximate surface area is 151 Å². The molecule has 0 atom stereocenters. The zero-order valence-electron chi connectivity index (χ0n) is 14.2. The number of anilines is 3. The molecular formula is C20H19N3O3. The Kier molecular flexibility index (Phi) is 4.41. The van der Waals surface area contributed by atoms with Crippen LogP contribution >= 0.6 is 0 Å². The van der Waals surface area contributed by atoms with Crippen LogP contribution < -0.4 is 15.1 Å². The maximum absolute atomic E-state index is 12.7. The zero-order valence-corrected chi connectivity index (χ0v) is 14.2. The normalized spacial score (nSPS) is 17.5. The molecular weight excluding hydrogens is 330 g/mol. The fourth-order valence-electron chi connectivity index (χ4n) is 3.12. The fraction of sp³-hybridized carbons (Fsp3) is 0.200. The Bertz CT molecular complexity index is 840. The van der Waals surface area contributed by atoms with Gasteiger partial charge in [-0.15, -0.1) is 0 Å². The van der Waals surface area contributed by atoms with Crippen molar-refractivity contribution in [2.75, 3.05) is 41.4 Å². The lowest BCUT2D eigenvalue weighted by Crippen LogP contribution is -2.36. The van der Waals surface area contributed by atoms with Crippen molar-refractivity contribution in [3.8, 4) is 0 Å². The number of hydrogen-bond acceptors (Lipinski definition) is 5. The molecule has 2 heterocycles. The number of benzene rings is 2. The van der Waals surface area contributed by atoms with Crippen LogP contribution in [0.15, 0.2) is 66.4 Å². The summed E-state index contributed by atoms with van der Waals surface area (Å²) in [6.07, 6.45) is 1.34. The molecule has 6 heteroatoms. The average Bonchev–Trinajstić information content (AvgIpc) is 2.97. The second-order valence-electron chi connectivity index (χ2n) is 6.14. The number of imide groups is 1. The highest BCUT2D eigenvalue weighted by molar-refractivity contribution is 6.31. The van der Waals surface area contributed by atoms with Gasteiger partial charge in [-0.1, -0.05) is 18.2 Å². The monoisotopic (exact) mass is 349 g/mol. The van der Waals surface area contributed by atoms with Crippen LogP contribution in [0.4, 0.5) is 17.1 Å². The number of nitrogens with zero attached hydrogens (tertiary/aromatic N) is 2. The van der Waals surface area contributed by atoms with Crippen LogP contribution in [0.25, 0.3) is 0 Å². The second kappa shape index (κ2) is 7.01. The SMILES string of the molecule is O=C1C=C(Nc2ccccc2)C(=O)N1c1ccc(N2CCOCC2)cc1. The summed E-state index contributed by atoms with van der Waals surface area (Å²) in [6.45, 7) is 3.10. The fourth-order valence-corrected chi connectivity index (χ4v) is 3.12. The number of carbonyl (C=O) groups is 2. The summed E-state index contributed by atoms with van der Waals surface area (Å²) in [7, 11) is 0. The van der Waals surface area contributed by atoms with Crippen LogP contribution in [-0.2, 0) is 14.3 Å². The van der Waals surface area contributed by atoms with Crippen molar-refractivity contribution in [3.63, 3.8) is 0 Å². The third kappa shape index (κ3) is 3.19. The summed E-state index contributed by atoms with van der Waals surface area (Å²) in [5, 5.41) is 3.01. The molecule has 2 amide bonds. The van der Waals surface area contributed by atoms with E-state index in [-0.39, 0.29) is 17.5 Å². The molecule has 132 valence electrons. The first-order valence-corrected chi connectivity index (χ1v) is 8.57. The van der Waals surface area contributed by atoms with Crippen LogP contribution in [0.1, 0.15) is 0 Å². The lowest BCUT2D eigenvalue weighted by molar-refractivity contribution is -0.120. The van der Waals surface area contributed by atoms with Gasteiger partial charge in [0, 0.05) is 30.5 Å². The Hall–Kier alpha value is -3.12. The largest absolute Gasteiger partial charge is 0.378 e. The van der Waals surface area contributed by atoms with Gasteiger partial charge in [-0.2, -0.15) is 0 Å². The third-order valence-corrected chi connectivity index (χ3v) is 4.46. The molecule has 6 nitrogen and oxygen atoms in total. The van der Waals surface area contributed by atoms with Crippen molar-refractivity contribution in [2.24, 2.45) is 0 Å². The van der Waals surface area contributed by atoms with E-state index in [1.54, 1.807) is 12.1 Å². The van der Waals surface area contributed by atoms with E-state index in [1.165, 1.54) is 11.0 Å². The summed E-state index contributed by atoms with van der Waals surface area (Å²) in [5.74, 6) is -0.689. The molecule has 0 aliphatic carbocycles. The van der Waals surface area contributed by atoms with E-state index in [2.05, 4.69) is 10.2 Å². The molecule has 26 heavy (non-hydrogen) atoms. The lowest BCUT2D eigenvalue weighted by Gasteiger charge is -2.29. The number of rotatable bonds is 4. The van der Waals surface area contributed by atoms with E-state index < -0.39 is 0 Å². The maximum Gasteiger partial charge on any atom is 0.281 e. The molecule has 0 spiro atoms. The number of hydrogen-bond donors (Lipinski definition) is 1. The third-order valence-electron chi connectivity index (χ3n) is 4.46. The summed E-state index contributed by atoms with van der Waals surface area (Å²) >= 11 is 0. The molecule has 2 aromatic rings. The highest BCUT2D eigenvalue weighted by atomic mass is 16.5. The first-order valence-electron chi connectivity index (χ1n) is 8.57. The molecule has 1 N–H and O–H groups in total. The number of ether oxygens (including phenoxy) is 1. The first-order chi connectivity index (χ1) is 12.7. The van der Waals surface area contributed by atoms with Crippen molar-refractivity contribution in [2.45, 2.75) is 0 Å². The summed E-state index contributed by atoms with van der Waals surface area (Å²) in [4.78, 5) is 28.4. The van der Waals surface area contributed by atoms with Crippen molar-refractivity contribution in [1.29, 1.82) is 0 Å². The Balaban J connectivity index is 1.49. The molecule has 1 fully saturated rings. The molecule has 2 aliphatic heterocycles. The minimum Gasteiger partial charge on any atom is -0.378 e. The Morgan fingerprint density at radius 1 is 0.846 bits per heavy atom. The Morgan fingerprint density at radius 2 is 1.50 bits per heavy atom. The van der Waals surface area contributed by atoms with Crippen molar-refractivity contribution in [3.05, 3.63) is 66.4 Å². The topological polar surface area (TPSA) is 61.9 Å². The van der Waals surface area contributed by atoms with Crippen molar-refractivity contribution in [1.82, 2.24) is 0 Å². The molecule has 2 aliphatic rings. The van der Waals surface area contributed by atoms with Gasteiger partial charge in [-0.05, 0) is 36.4 Å². The van der Waals surface area contributed by atoms with Crippen molar-refractivity contribution < 1.29 is 14.3 Å². The zero-order chi connectivity index (χ0) is 17.9. The number of carbonyl (C=O) groups excluding carboxylic acids is 2. The molecule has 0 bridgehead atoms. The van der Waals surface area contributed by atoms with E-state index in [1.807, 2.05) is 42.5 Å². The van der Waals surface area contributed by atoms with E-state index >= 15 is 0 Å². The van der Waals surface area contributed by atoms with E-state index in [4.69, 9.17) is 4.74 Å². The molecule has 0 radical (unpaired) electrons. The van der Waals surface area contributed by atoms with E-state index in [0.29, 0.717) is 18.9 Å². The van der Waals surface area contributed by atoms with Gasteiger partial charge in [-0.3, -0.25) is 9.59 Å². The summed E-state index contributed by atoms with van der Waals surface area (Å²) in [6, 6.07) is 16.8. The minimum atomic E-state index is -0.349. The van der Waals surface area contributed by atoms with Crippen LogP contribution in [-0.4, -0.2) is 38.1 Å². The molecule has 2 aromatic carbocycles. The van der Waals surface area contributed by atoms with Gasteiger partial charge in [-0.25, -0.2) is 4.90 Å². The summed E-state index contributed by atoms with van der Waals surface area (Å²) < 4.78 is 5.36. The van der Waals surface area contributed by atoms with Crippen LogP contribution in [0.2, 0.25) is 0 Å². The second-order valence-corrected chi connectivity index (χ2v) is 6.14. The smallest absolute Gasteiger partial charge is 0.281 e. The molecule has 0 saturated carbocycles. The van der Waals surface area contributed by atoms with Crippen LogP contribution in [0.3, 0.4) is 0 Å². The van der Waals surface area contributed by atoms with E-state index in [9.17, 15) is 9.59 Å². The standard InChI is InChI=1S/C20H19N3O3/c24-19-14-18(21-15-4-2-1-3-5-15)20(25)23(19)17-8-6-16(7-9-17)22-10-12-26-13-11-22/h1-9,14,21H,10-13H2. The lowest BCUT2D eigenvalue weighted by atomic mass is 10.2. The predicted octanol–water partition coefficient (Wildman–Crippen LogP) is 2.39. The Morgan fingerprint density at radius 3 is 2.19 bits per heavy atom. The van der Waals surface area contributed by atoms with Crippen LogP contribution in [0.5, 0.6) is 0 Å². The number of amides is 2. The molecule has 0 aromatic heterocycles. The van der Waals surface area contributed by atoms with Gasteiger partial charge in [0.1, 0.15) is 5.70 Å². The average molecular weight is 349 g/mol. The number of nitrogens with one attached hydrogen (secondary N) is 1. The molecule has 4 rings (SSSR count). The van der Waals surface area contributed by atoms with Gasteiger partial charge < -0.3 is 15.0 Å². The predicted molar refractivity (Wildman–Crippen MR) is 100 cm³/mol. The van der Waals surface area contributed by atoms with Gasteiger partial charge in [0.05, 0.1) is 18.9 Å².